The molecule has 0 saturated carbocycles. The van der Waals surface area contributed by atoms with Crippen LogP contribution in [0.15, 0.2) is 116 Å². The summed E-state index contributed by atoms with van der Waals surface area (Å²) in [7, 11) is 0. The number of hydrogen-bond acceptors (Lipinski definition) is 0. The topological polar surface area (TPSA) is 7.76 Å². The van der Waals surface area contributed by atoms with Gasteiger partial charge in [-0.25, -0.2) is 0 Å². The lowest BCUT2D eigenvalue weighted by molar-refractivity contribution is -0.769. The lowest BCUT2D eigenvalue weighted by Crippen LogP contribution is -2.71. The van der Waals surface area contributed by atoms with Crippen LogP contribution in [0.3, 0.4) is 0 Å². The number of aryl methyl sites for hydroxylation is 3. The molecule has 2 aromatic heterocycles. The normalized spacial score (nSPS) is 21.1. The Hall–Kier alpha value is -4.30. The lowest BCUT2D eigenvalue weighted by Gasteiger charge is -2.45. The summed E-state index contributed by atoms with van der Waals surface area (Å²) in [5.74, 6) is 0. The van der Waals surface area contributed by atoms with Crippen LogP contribution in [0.4, 0.5) is 0 Å². The zero-order valence-electron chi connectivity index (χ0n) is 23.9. The summed E-state index contributed by atoms with van der Waals surface area (Å²) >= 11 is 0. The maximum absolute atomic E-state index is 4.94. The van der Waals surface area contributed by atoms with E-state index in [2.05, 4.69) is 146 Å². The summed E-state index contributed by atoms with van der Waals surface area (Å²) in [6.07, 6.45) is 6.63. The molecular formula is C38H36N2+2. The second kappa shape index (κ2) is 8.86. The number of pyridine rings is 2. The molecule has 2 unspecified atom stereocenters. The average molecular weight is 521 g/mol. The standard InChI is InChI=1S/C38H36N2/c1-26-20-22-39-28(3)38(5)37(4,21-19-30-15-9-10-16-31(30)35(39)23-26)34-18-12-11-17-32(34)36-24-27(2)33(25-40(36)38)29-13-7-6-8-14-29/h6-18,20,22-25H,3,19,21H2,1-2,4-5H3/q+2. The van der Waals surface area contributed by atoms with Gasteiger partial charge >= 0.3 is 0 Å². The third kappa shape index (κ3) is 3.35. The molecule has 7 rings (SSSR count). The smallest absolute Gasteiger partial charge is 0.181 e. The Kier molecular flexibility index (Phi) is 5.47. The molecule has 2 atom stereocenters. The predicted molar refractivity (Wildman–Crippen MR) is 164 cm³/mol. The van der Waals surface area contributed by atoms with E-state index < -0.39 is 5.54 Å². The number of hydrogen-bond donors (Lipinski definition) is 0. The molecule has 196 valence electrons. The molecule has 0 fully saturated rings. The van der Waals surface area contributed by atoms with Gasteiger partial charge in [0.05, 0.1) is 11.0 Å². The van der Waals surface area contributed by atoms with Crippen LogP contribution in [0.5, 0.6) is 0 Å². The van der Waals surface area contributed by atoms with Gasteiger partial charge in [-0.15, -0.1) is 0 Å². The van der Waals surface area contributed by atoms with Gasteiger partial charge < -0.3 is 0 Å². The lowest BCUT2D eigenvalue weighted by atomic mass is 9.59. The van der Waals surface area contributed by atoms with Crippen molar-refractivity contribution >= 4 is 5.70 Å². The summed E-state index contributed by atoms with van der Waals surface area (Å²) in [6.45, 7) is 14.3. The fourth-order valence-electron chi connectivity index (χ4n) is 7.36. The Balaban J connectivity index is 1.60. The fraction of sp³-hybridized carbons (Fsp3) is 0.211. The number of benzene rings is 3. The first-order valence-electron chi connectivity index (χ1n) is 14.4. The second-order valence-electron chi connectivity index (χ2n) is 12.0. The van der Waals surface area contributed by atoms with E-state index in [1.54, 1.807) is 0 Å². The Bertz CT molecular complexity index is 1820. The van der Waals surface area contributed by atoms with Crippen molar-refractivity contribution in [2.45, 2.75) is 51.5 Å². The molecule has 5 aromatic rings. The molecular weight excluding hydrogens is 484 g/mol. The van der Waals surface area contributed by atoms with Gasteiger partial charge in [0.1, 0.15) is 0 Å². The Morgan fingerprint density at radius 2 is 1.43 bits per heavy atom. The molecule has 0 amide bonds. The molecule has 40 heavy (non-hydrogen) atoms. The van der Waals surface area contributed by atoms with Crippen molar-refractivity contribution in [3.63, 3.8) is 0 Å². The fourth-order valence-corrected chi connectivity index (χ4v) is 7.36. The molecule has 3 aromatic carbocycles. The highest BCUT2D eigenvalue weighted by molar-refractivity contribution is 5.73. The van der Waals surface area contributed by atoms with Gasteiger partial charge in [0.15, 0.2) is 12.4 Å². The van der Waals surface area contributed by atoms with E-state index in [0.717, 1.165) is 18.5 Å². The number of aromatic nitrogens is 2. The molecule has 4 heterocycles. The molecule has 2 heteroatoms. The Labute approximate surface area is 237 Å². The van der Waals surface area contributed by atoms with Crippen molar-refractivity contribution in [2.75, 3.05) is 0 Å². The molecule has 0 saturated heterocycles. The molecule has 0 aliphatic carbocycles. The molecule has 2 aliphatic heterocycles. The average Bonchev–Trinajstić information content (AvgIpc) is 3.01. The molecule has 0 radical (unpaired) electrons. The van der Waals surface area contributed by atoms with Crippen LogP contribution >= 0.6 is 0 Å². The number of rotatable bonds is 1. The van der Waals surface area contributed by atoms with E-state index >= 15 is 0 Å². The van der Waals surface area contributed by atoms with Crippen LogP contribution in [0, 0.1) is 13.8 Å². The van der Waals surface area contributed by atoms with Gasteiger partial charge in [0.25, 0.3) is 11.2 Å². The van der Waals surface area contributed by atoms with Gasteiger partial charge in [-0.3, -0.25) is 0 Å². The van der Waals surface area contributed by atoms with Crippen LogP contribution in [-0.4, -0.2) is 0 Å². The van der Waals surface area contributed by atoms with Crippen LogP contribution in [0.25, 0.3) is 39.3 Å². The summed E-state index contributed by atoms with van der Waals surface area (Å²) in [5, 5.41) is 0. The Morgan fingerprint density at radius 1 is 0.725 bits per heavy atom. The number of fused-ring (bicyclic) bond motifs is 9. The van der Waals surface area contributed by atoms with Crippen LogP contribution in [-0.2, 0) is 17.4 Å². The molecule has 0 N–H and O–H groups in total. The van der Waals surface area contributed by atoms with Crippen molar-refractivity contribution in [3.05, 3.63) is 138 Å². The highest BCUT2D eigenvalue weighted by Gasteiger charge is 2.64. The van der Waals surface area contributed by atoms with E-state index in [-0.39, 0.29) is 5.41 Å². The van der Waals surface area contributed by atoms with Crippen molar-refractivity contribution < 1.29 is 9.13 Å². The first-order valence-corrected chi connectivity index (χ1v) is 14.4. The zero-order valence-corrected chi connectivity index (χ0v) is 23.9. The van der Waals surface area contributed by atoms with Crippen LogP contribution in [0.1, 0.15) is 42.5 Å². The second-order valence-corrected chi connectivity index (χ2v) is 12.0. The minimum Gasteiger partial charge on any atom is -0.181 e. The van der Waals surface area contributed by atoms with Gasteiger partial charge in [0.2, 0.25) is 11.4 Å². The van der Waals surface area contributed by atoms with Gasteiger partial charge in [0, 0.05) is 36.2 Å². The van der Waals surface area contributed by atoms with Gasteiger partial charge in [-0.1, -0.05) is 66.7 Å². The van der Waals surface area contributed by atoms with E-state index in [9.17, 15) is 0 Å². The predicted octanol–water partition coefficient (Wildman–Crippen LogP) is 7.98. The number of nitrogens with zero attached hydrogens (tertiary/aromatic N) is 2. The van der Waals surface area contributed by atoms with Crippen molar-refractivity contribution in [1.82, 2.24) is 0 Å². The minimum atomic E-state index is -0.440. The van der Waals surface area contributed by atoms with Crippen molar-refractivity contribution in [3.8, 4) is 33.6 Å². The Morgan fingerprint density at radius 3 is 2.23 bits per heavy atom. The van der Waals surface area contributed by atoms with Gasteiger partial charge in [-0.05, 0) is 80.1 Å². The summed E-state index contributed by atoms with van der Waals surface area (Å²) < 4.78 is 4.92. The highest BCUT2D eigenvalue weighted by Crippen LogP contribution is 2.52. The SMILES string of the molecule is C=C1[n+]2ccc(C)cc2-c2ccccc2CCC2(C)c3ccccc3-c3cc(C)c(-c4ccccc4)c[n+]3C12C. The first-order chi connectivity index (χ1) is 19.3. The van der Waals surface area contributed by atoms with Crippen molar-refractivity contribution in [1.29, 1.82) is 0 Å². The summed E-state index contributed by atoms with van der Waals surface area (Å²) in [6, 6.07) is 35.7. The molecule has 2 nitrogen and oxygen atoms in total. The molecule has 2 aliphatic rings. The molecule has 0 bridgehead atoms. The van der Waals surface area contributed by atoms with Gasteiger partial charge in [-0.2, -0.15) is 9.13 Å². The largest absolute Gasteiger partial charge is 0.257 e. The molecule has 0 spiro atoms. The zero-order chi connectivity index (χ0) is 27.6. The summed E-state index contributed by atoms with van der Waals surface area (Å²) in [5.41, 5.74) is 13.3. The van der Waals surface area contributed by atoms with E-state index in [1.165, 1.54) is 55.9 Å². The van der Waals surface area contributed by atoms with E-state index in [1.807, 2.05) is 0 Å². The van der Waals surface area contributed by atoms with E-state index in [0.29, 0.717) is 0 Å². The van der Waals surface area contributed by atoms with Crippen molar-refractivity contribution in [2.24, 2.45) is 0 Å². The number of allylic oxidation sites excluding steroid dienone is 1. The quantitative estimate of drug-likeness (QED) is 0.198. The monoisotopic (exact) mass is 520 g/mol. The first kappa shape index (κ1) is 24.7. The van der Waals surface area contributed by atoms with Crippen LogP contribution < -0.4 is 9.13 Å². The third-order valence-electron chi connectivity index (χ3n) is 9.89. The maximum Gasteiger partial charge on any atom is 0.257 e. The van der Waals surface area contributed by atoms with Crippen LogP contribution in [0.2, 0.25) is 0 Å². The summed E-state index contributed by atoms with van der Waals surface area (Å²) in [4.78, 5) is 0. The van der Waals surface area contributed by atoms with E-state index in [4.69, 9.17) is 6.58 Å². The maximum atomic E-state index is 4.94. The minimum absolute atomic E-state index is 0.214. The third-order valence-corrected chi connectivity index (χ3v) is 9.89. The highest BCUT2D eigenvalue weighted by atomic mass is 15.2.